The van der Waals surface area contributed by atoms with Crippen LogP contribution in [0.1, 0.15) is 32.6 Å². The number of methoxy groups -OCH3 is 1. The van der Waals surface area contributed by atoms with Gasteiger partial charge in [-0.05, 0) is 25.8 Å². The van der Waals surface area contributed by atoms with E-state index in [1.807, 2.05) is 11.8 Å². The first-order valence-corrected chi connectivity index (χ1v) is 9.15. The van der Waals surface area contributed by atoms with Crippen LogP contribution in [0, 0.1) is 0 Å². The molecule has 2 fully saturated rings. The van der Waals surface area contributed by atoms with Crippen molar-refractivity contribution in [1.82, 2.24) is 20.4 Å². The highest BCUT2D eigenvalue weighted by Gasteiger charge is 2.27. The first-order valence-electron chi connectivity index (χ1n) is 9.15. The van der Waals surface area contributed by atoms with Crippen molar-refractivity contribution < 1.29 is 9.53 Å². The Labute approximate surface area is 145 Å². The fourth-order valence-electron chi connectivity index (χ4n) is 3.56. The van der Waals surface area contributed by atoms with Gasteiger partial charge in [0, 0.05) is 58.8 Å². The molecule has 2 atom stereocenters. The summed E-state index contributed by atoms with van der Waals surface area (Å²) in [5.74, 6) is 1.08. The fraction of sp³-hybridized carbons (Fsp3) is 0.882. The molecule has 2 unspecified atom stereocenters. The van der Waals surface area contributed by atoms with Crippen LogP contribution >= 0.6 is 0 Å². The van der Waals surface area contributed by atoms with Crippen molar-refractivity contribution in [3.63, 3.8) is 0 Å². The molecular formula is C17H33N5O2. The number of nitrogens with zero attached hydrogens (tertiary/aromatic N) is 3. The van der Waals surface area contributed by atoms with Crippen LogP contribution in [-0.4, -0.2) is 87.2 Å². The van der Waals surface area contributed by atoms with Gasteiger partial charge in [-0.15, -0.1) is 0 Å². The summed E-state index contributed by atoms with van der Waals surface area (Å²) >= 11 is 0. The molecule has 0 radical (unpaired) electrons. The summed E-state index contributed by atoms with van der Waals surface area (Å²) in [5.41, 5.74) is 0. The molecule has 2 saturated heterocycles. The zero-order chi connectivity index (χ0) is 17.4. The number of guanidine groups is 1. The fourth-order valence-corrected chi connectivity index (χ4v) is 3.56. The van der Waals surface area contributed by atoms with Gasteiger partial charge in [0.25, 0.3) is 0 Å². The number of carbonyl (C=O) groups is 1. The minimum atomic E-state index is 0.238. The van der Waals surface area contributed by atoms with Crippen LogP contribution in [0.3, 0.4) is 0 Å². The second-order valence-corrected chi connectivity index (χ2v) is 6.60. The largest absolute Gasteiger partial charge is 0.383 e. The van der Waals surface area contributed by atoms with E-state index in [-0.39, 0.29) is 5.91 Å². The number of ether oxygens (including phenoxy) is 1. The van der Waals surface area contributed by atoms with Crippen molar-refractivity contribution in [2.24, 2.45) is 4.99 Å². The average molecular weight is 339 g/mol. The number of likely N-dealkylation sites (tertiary alicyclic amines) is 2. The van der Waals surface area contributed by atoms with E-state index in [0.29, 0.717) is 18.5 Å². The number of aliphatic imine (C=N–C) groups is 1. The van der Waals surface area contributed by atoms with Crippen LogP contribution in [0.25, 0.3) is 0 Å². The maximum absolute atomic E-state index is 11.8. The highest BCUT2D eigenvalue weighted by molar-refractivity contribution is 5.80. The van der Waals surface area contributed by atoms with E-state index in [9.17, 15) is 4.79 Å². The van der Waals surface area contributed by atoms with Gasteiger partial charge >= 0.3 is 0 Å². The molecule has 0 aromatic rings. The zero-order valence-corrected chi connectivity index (χ0v) is 15.4. The van der Waals surface area contributed by atoms with Gasteiger partial charge in [0.2, 0.25) is 5.91 Å². The maximum Gasteiger partial charge on any atom is 0.222 e. The van der Waals surface area contributed by atoms with Crippen molar-refractivity contribution in [3.8, 4) is 0 Å². The molecule has 0 spiro atoms. The monoisotopic (exact) mass is 339 g/mol. The van der Waals surface area contributed by atoms with Gasteiger partial charge in [0.15, 0.2) is 5.96 Å². The maximum atomic E-state index is 11.8. The lowest BCUT2D eigenvalue weighted by atomic mass is 10.2. The van der Waals surface area contributed by atoms with E-state index in [4.69, 9.17) is 4.74 Å². The minimum Gasteiger partial charge on any atom is -0.383 e. The number of amides is 1. The summed E-state index contributed by atoms with van der Waals surface area (Å²) in [4.78, 5) is 20.5. The Morgan fingerprint density at radius 1 is 1.33 bits per heavy atom. The lowest BCUT2D eigenvalue weighted by molar-refractivity contribution is -0.129. The van der Waals surface area contributed by atoms with Crippen molar-refractivity contribution in [3.05, 3.63) is 0 Å². The van der Waals surface area contributed by atoms with Gasteiger partial charge in [-0.3, -0.25) is 14.7 Å². The van der Waals surface area contributed by atoms with Gasteiger partial charge in [-0.25, -0.2) is 0 Å². The summed E-state index contributed by atoms with van der Waals surface area (Å²) in [6.07, 6.45) is 4.03. The van der Waals surface area contributed by atoms with E-state index < -0.39 is 0 Å². The Kier molecular flexibility index (Phi) is 7.78. The Bertz CT molecular complexity index is 429. The SMILES string of the molecule is CCC(=O)N1CCC(NC(=NC)NCC2CCCN2CCOC)C1. The summed E-state index contributed by atoms with van der Waals surface area (Å²) < 4.78 is 5.20. The van der Waals surface area contributed by atoms with Gasteiger partial charge in [0.1, 0.15) is 0 Å². The molecule has 0 aromatic carbocycles. The van der Waals surface area contributed by atoms with Crippen LogP contribution in [0.5, 0.6) is 0 Å². The number of rotatable bonds is 7. The van der Waals surface area contributed by atoms with E-state index in [0.717, 1.165) is 51.7 Å². The van der Waals surface area contributed by atoms with Gasteiger partial charge in [-0.1, -0.05) is 6.92 Å². The van der Waals surface area contributed by atoms with Crippen LogP contribution in [0.4, 0.5) is 0 Å². The molecule has 7 heteroatoms. The van der Waals surface area contributed by atoms with Crippen LogP contribution in [0.2, 0.25) is 0 Å². The molecule has 2 heterocycles. The van der Waals surface area contributed by atoms with E-state index in [2.05, 4.69) is 20.5 Å². The molecular weight excluding hydrogens is 306 g/mol. The highest BCUT2D eigenvalue weighted by atomic mass is 16.5. The van der Waals surface area contributed by atoms with Crippen molar-refractivity contribution in [1.29, 1.82) is 0 Å². The molecule has 0 bridgehead atoms. The number of carbonyl (C=O) groups excluding carboxylic acids is 1. The molecule has 2 aliphatic heterocycles. The van der Waals surface area contributed by atoms with Gasteiger partial charge in [-0.2, -0.15) is 0 Å². The van der Waals surface area contributed by atoms with E-state index >= 15 is 0 Å². The molecule has 24 heavy (non-hydrogen) atoms. The van der Waals surface area contributed by atoms with Crippen molar-refractivity contribution >= 4 is 11.9 Å². The third-order valence-electron chi connectivity index (χ3n) is 4.99. The minimum absolute atomic E-state index is 0.238. The molecule has 2 aliphatic rings. The predicted octanol–water partition coefficient (Wildman–Crippen LogP) is 0.273. The predicted molar refractivity (Wildman–Crippen MR) is 96.2 cm³/mol. The summed E-state index contributed by atoms with van der Waals surface area (Å²) in [7, 11) is 3.56. The molecule has 7 nitrogen and oxygen atoms in total. The quantitative estimate of drug-likeness (QED) is 0.515. The van der Waals surface area contributed by atoms with E-state index in [1.165, 1.54) is 12.8 Å². The normalized spacial score (nSPS) is 25.3. The Hall–Kier alpha value is -1.34. The average Bonchev–Trinajstić information content (AvgIpc) is 3.25. The number of hydrogen-bond acceptors (Lipinski definition) is 4. The third kappa shape index (κ3) is 5.34. The first-order chi connectivity index (χ1) is 11.7. The topological polar surface area (TPSA) is 69.2 Å². The molecule has 2 rings (SSSR count). The molecule has 0 saturated carbocycles. The standard InChI is InChI=1S/C17H33N5O2/c1-4-16(23)22-9-7-14(13-22)20-17(18-2)19-12-15-6-5-8-21(15)10-11-24-3/h14-15H,4-13H2,1-3H3,(H2,18,19,20). The first kappa shape index (κ1) is 19.0. The van der Waals surface area contributed by atoms with Crippen molar-refractivity contribution in [2.75, 3.05) is 53.5 Å². The Morgan fingerprint density at radius 2 is 2.17 bits per heavy atom. The smallest absolute Gasteiger partial charge is 0.222 e. The molecule has 0 aromatic heterocycles. The molecule has 0 aliphatic carbocycles. The summed E-state index contributed by atoms with van der Waals surface area (Å²) in [6.45, 7) is 7.36. The number of nitrogens with one attached hydrogen (secondary N) is 2. The molecule has 1 amide bonds. The zero-order valence-electron chi connectivity index (χ0n) is 15.4. The van der Waals surface area contributed by atoms with Crippen molar-refractivity contribution in [2.45, 2.75) is 44.7 Å². The Balaban J connectivity index is 1.74. The number of hydrogen-bond donors (Lipinski definition) is 2. The lowest BCUT2D eigenvalue weighted by Crippen LogP contribution is -2.49. The molecule has 2 N–H and O–H groups in total. The summed E-state index contributed by atoms with van der Waals surface area (Å²) in [5, 5.41) is 6.91. The van der Waals surface area contributed by atoms with Crippen LogP contribution < -0.4 is 10.6 Å². The van der Waals surface area contributed by atoms with Gasteiger partial charge < -0.3 is 20.3 Å². The summed E-state index contributed by atoms with van der Waals surface area (Å²) in [6, 6.07) is 0.834. The molecule has 138 valence electrons. The Morgan fingerprint density at radius 3 is 2.88 bits per heavy atom. The second-order valence-electron chi connectivity index (χ2n) is 6.60. The second kappa shape index (κ2) is 9.84. The van der Waals surface area contributed by atoms with Gasteiger partial charge in [0.05, 0.1) is 6.61 Å². The lowest BCUT2D eigenvalue weighted by Gasteiger charge is -2.26. The third-order valence-corrected chi connectivity index (χ3v) is 4.99. The van der Waals surface area contributed by atoms with Crippen LogP contribution in [0.15, 0.2) is 4.99 Å². The van der Waals surface area contributed by atoms with Crippen LogP contribution in [-0.2, 0) is 9.53 Å². The highest BCUT2D eigenvalue weighted by Crippen LogP contribution is 2.16. The van der Waals surface area contributed by atoms with E-state index in [1.54, 1.807) is 14.2 Å².